The van der Waals surface area contributed by atoms with Gasteiger partial charge in [-0.25, -0.2) is 13.8 Å². The Kier molecular flexibility index (Phi) is 9.29. The summed E-state index contributed by atoms with van der Waals surface area (Å²) in [5.41, 5.74) is 3.99. The molecular formula is C25H26ClN3O6S. The van der Waals surface area contributed by atoms with Gasteiger partial charge < -0.3 is 14.2 Å². The number of rotatable bonds is 11. The maximum absolute atomic E-state index is 12.7. The Balaban J connectivity index is 1.58. The van der Waals surface area contributed by atoms with E-state index in [-0.39, 0.29) is 9.92 Å². The molecule has 0 atom stereocenters. The first-order valence-electron chi connectivity index (χ1n) is 10.7. The molecule has 11 heteroatoms. The van der Waals surface area contributed by atoms with Gasteiger partial charge in [0.1, 0.15) is 12.4 Å². The number of methoxy groups -OCH3 is 2. The number of halogens is 1. The number of amides is 1. The third kappa shape index (κ3) is 6.97. The number of carbonyl (C=O) groups is 1. The highest BCUT2D eigenvalue weighted by atomic mass is 35.5. The summed E-state index contributed by atoms with van der Waals surface area (Å²) in [6.07, 6.45) is 1.42. The fraction of sp³-hybridized carbons (Fsp3) is 0.200. The van der Waals surface area contributed by atoms with Crippen LogP contribution in [0.4, 0.5) is 0 Å². The van der Waals surface area contributed by atoms with Crippen LogP contribution < -0.4 is 19.6 Å². The van der Waals surface area contributed by atoms with Gasteiger partial charge in [-0.05, 0) is 47.5 Å². The van der Waals surface area contributed by atoms with Crippen molar-refractivity contribution in [2.24, 2.45) is 5.10 Å². The van der Waals surface area contributed by atoms with E-state index in [4.69, 9.17) is 25.8 Å². The van der Waals surface area contributed by atoms with Crippen molar-refractivity contribution in [2.75, 3.05) is 27.8 Å². The molecule has 0 heterocycles. The van der Waals surface area contributed by atoms with Crippen molar-refractivity contribution in [1.82, 2.24) is 9.73 Å². The van der Waals surface area contributed by atoms with E-state index in [2.05, 4.69) is 10.5 Å². The van der Waals surface area contributed by atoms with E-state index in [1.54, 1.807) is 18.2 Å². The zero-order valence-corrected chi connectivity index (χ0v) is 21.5. The topological polar surface area (TPSA) is 107 Å². The molecule has 0 bridgehead atoms. The number of sulfonamides is 1. The number of ether oxygens (including phenoxy) is 3. The van der Waals surface area contributed by atoms with Gasteiger partial charge in [0.15, 0.2) is 11.5 Å². The van der Waals surface area contributed by atoms with Crippen LogP contribution in [0.5, 0.6) is 17.2 Å². The lowest BCUT2D eigenvalue weighted by atomic mass is 10.2. The molecule has 0 saturated heterocycles. The number of hydrogen-bond acceptors (Lipinski definition) is 7. The Bertz CT molecular complexity index is 1330. The lowest BCUT2D eigenvalue weighted by Crippen LogP contribution is -2.36. The van der Waals surface area contributed by atoms with E-state index < -0.39 is 22.5 Å². The fourth-order valence-electron chi connectivity index (χ4n) is 3.11. The minimum Gasteiger partial charge on any atom is -0.495 e. The van der Waals surface area contributed by atoms with Crippen molar-refractivity contribution in [3.05, 3.63) is 82.9 Å². The van der Waals surface area contributed by atoms with Crippen LogP contribution in [0.2, 0.25) is 5.02 Å². The van der Waals surface area contributed by atoms with E-state index in [1.807, 2.05) is 30.3 Å². The summed E-state index contributed by atoms with van der Waals surface area (Å²) in [5, 5.41) is 4.05. The number of carbonyl (C=O) groups excluding carboxylic acids is 1. The van der Waals surface area contributed by atoms with Gasteiger partial charge in [-0.1, -0.05) is 41.9 Å². The lowest BCUT2D eigenvalue weighted by Gasteiger charge is -2.16. The summed E-state index contributed by atoms with van der Waals surface area (Å²) in [4.78, 5) is 12.2. The summed E-state index contributed by atoms with van der Waals surface area (Å²) >= 11 is 6.03. The van der Waals surface area contributed by atoms with Crippen molar-refractivity contribution < 1.29 is 27.4 Å². The van der Waals surface area contributed by atoms with Crippen LogP contribution in [-0.4, -0.2) is 52.7 Å². The minimum atomic E-state index is -3.95. The number of nitrogens with one attached hydrogen (secondary N) is 1. The quantitative estimate of drug-likeness (QED) is 0.299. The Labute approximate surface area is 215 Å². The van der Waals surface area contributed by atoms with Crippen LogP contribution in [0.1, 0.15) is 11.1 Å². The SMILES string of the molecule is COc1ccc(S(=O)(=O)N(C)CC(=O)N/N=C/c2ccc(OCc3ccccc3)c(OC)c2)cc1Cl. The van der Waals surface area contributed by atoms with Gasteiger partial charge in [-0.2, -0.15) is 9.41 Å². The van der Waals surface area contributed by atoms with Gasteiger partial charge in [-0.3, -0.25) is 4.79 Å². The molecule has 0 aliphatic rings. The molecule has 0 aliphatic carbocycles. The molecule has 0 unspecified atom stereocenters. The van der Waals surface area contributed by atoms with E-state index in [0.29, 0.717) is 29.4 Å². The zero-order valence-electron chi connectivity index (χ0n) is 20.0. The Morgan fingerprint density at radius 2 is 1.69 bits per heavy atom. The first-order chi connectivity index (χ1) is 17.2. The molecule has 0 aromatic heterocycles. The molecule has 1 amide bonds. The Morgan fingerprint density at radius 1 is 1.00 bits per heavy atom. The highest BCUT2D eigenvalue weighted by Gasteiger charge is 2.24. The normalized spacial score (nSPS) is 11.5. The average molecular weight is 532 g/mol. The Morgan fingerprint density at radius 3 is 2.36 bits per heavy atom. The van der Waals surface area contributed by atoms with E-state index in [0.717, 1.165) is 9.87 Å². The molecule has 0 saturated carbocycles. The fourth-order valence-corrected chi connectivity index (χ4v) is 4.58. The monoisotopic (exact) mass is 531 g/mol. The summed E-state index contributed by atoms with van der Waals surface area (Å²) in [7, 11) is 0.294. The highest BCUT2D eigenvalue weighted by molar-refractivity contribution is 7.89. The third-order valence-corrected chi connectivity index (χ3v) is 7.12. The molecule has 9 nitrogen and oxygen atoms in total. The molecule has 0 aliphatic heterocycles. The van der Waals surface area contributed by atoms with Crippen molar-refractivity contribution in [2.45, 2.75) is 11.5 Å². The second kappa shape index (κ2) is 12.4. The van der Waals surface area contributed by atoms with Crippen LogP contribution >= 0.6 is 11.6 Å². The molecule has 0 fully saturated rings. The summed E-state index contributed by atoms with van der Waals surface area (Å²) < 4.78 is 42.6. The maximum atomic E-state index is 12.7. The summed E-state index contributed by atoms with van der Waals surface area (Å²) in [5.74, 6) is 0.794. The number of hydrazone groups is 1. The molecule has 1 N–H and O–H groups in total. The molecule has 0 radical (unpaired) electrons. The van der Waals surface area contributed by atoms with Crippen LogP contribution in [-0.2, 0) is 21.4 Å². The van der Waals surface area contributed by atoms with Gasteiger partial charge in [0.05, 0.1) is 36.9 Å². The number of hydrogen-bond donors (Lipinski definition) is 1. The third-order valence-electron chi connectivity index (χ3n) is 5.03. The van der Waals surface area contributed by atoms with Crippen molar-refractivity contribution in [3.63, 3.8) is 0 Å². The van der Waals surface area contributed by atoms with Crippen molar-refractivity contribution in [3.8, 4) is 17.2 Å². The van der Waals surface area contributed by atoms with Crippen LogP contribution in [0, 0.1) is 0 Å². The number of likely N-dealkylation sites (N-methyl/N-ethyl adjacent to an activating group) is 1. The summed E-state index contributed by atoms with van der Waals surface area (Å²) in [6, 6.07) is 19.0. The average Bonchev–Trinajstić information content (AvgIpc) is 2.88. The highest BCUT2D eigenvalue weighted by Crippen LogP contribution is 2.29. The first kappa shape index (κ1) is 27.0. The van der Waals surface area contributed by atoms with E-state index in [1.165, 1.54) is 45.7 Å². The molecule has 0 spiro atoms. The molecule has 3 rings (SSSR count). The molecule has 3 aromatic carbocycles. The van der Waals surface area contributed by atoms with E-state index >= 15 is 0 Å². The van der Waals surface area contributed by atoms with E-state index in [9.17, 15) is 13.2 Å². The van der Waals surface area contributed by atoms with Crippen molar-refractivity contribution in [1.29, 1.82) is 0 Å². The Hall–Kier alpha value is -3.60. The van der Waals surface area contributed by atoms with Gasteiger partial charge in [0.2, 0.25) is 10.0 Å². The zero-order chi connectivity index (χ0) is 26.1. The minimum absolute atomic E-state index is 0.0613. The molecule has 3 aromatic rings. The molecule has 36 heavy (non-hydrogen) atoms. The molecule has 190 valence electrons. The van der Waals surface area contributed by atoms with Crippen LogP contribution in [0.15, 0.2) is 76.7 Å². The predicted octanol–water partition coefficient (Wildman–Crippen LogP) is 3.71. The predicted molar refractivity (Wildman–Crippen MR) is 137 cm³/mol. The second-order valence-corrected chi connectivity index (χ2v) is 9.99. The first-order valence-corrected chi connectivity index (χ1v) is 12.5. The second-order valence-electron chi connectivity index (χ2n) is 7.54. The smallest absolute Gasteiger partial charge is 0.255 e. The van der Waals surface area contributed by atoms with Gasteiger partial charge in [-0.15, -0.1) is 0 Å². The number of nitrogens with zero attached hydrogens (tertiary/aromatic N) is 2. The largest absolute Gasteiger partial charge is 0.495 e. The van der Waals surface area contributed by atoms with Gasteiger partial charge in [0.25, 0.3) is 5.91 Å². The molecular weight excluding hydrogens is 506 g/mol. The van der Waals surface area contributed by atoms with Crippen LogP contribution in [0.25, 0.3) is 0 Å². The van der Waals surface area contributed by atoms with Crippen molar-refractivity contribution >= 4 is 33.7 Å². The maximum Gasteiger partial charge on any atom is 0.255 e. The number of benzene rings is 3. The summed E-state index contributed by atoms with van der Waals surface area (Å²) in [6.45, 7) is -0.0568. The van der Waals surface area contributed by atoms with Crippen LogP contribution in [0.3, 0.4) is 0 Å². The standard InChI is InChI=1S/C25H26ClN3O6S/c1-29(36(31,32)20-10-12-22(33-2)21(26)14-20)16-25(30)28-27-15-19-9-11-23(24(13-19)34-3)35-17-18-7-5-4-6-8-18/h4-15H,16-17H2,1-3H3,(H,28,30)/b27-15+. The van der Waals surface area contributed by atoms with Gasteiger partial charge in [0, 0.05) is 7.05 Å². The van der Waals surface area contributed by atoms with Gasteiger partial charge >= 0.3 is 0 Å². The lowest BCUT2D eigenvalue weighted by molar-refractivity contribution is -0.121.